The van der Waals surface area contributed by atoms with Crippen molar-refractivity contribution in [3.05, 3.63) is 57.6 Å². The fourth-order valence-electron chi connectivity index (χ4n) is 26.6. The molecule has 2 aromatic rings. The lowest BCUT2D eigenvalue weighted by Crippen LogP contribution is -2.58. The van der Waals surface area contributed by atoms with Crippen LogP contribution in [0.1, 0.15) is 54.7 Å². The van der Waals surface area contributed by atoms with Crippen molar-refractivity contribution in [1.82, 2.24) is 9.97 Å². The summed E-state index contributed by atoms with van der Waals surface area (Å²) in [5.41, 5.74) is 7.02. The zero-order valence-corrected chi connectivity index (χ0v) is 34.7. The molecule has 19 rings (SSSR count). The van der Waals surface area contributed by atoms with E-state index in [9.17, 15) is 4.79 Å². The van der Waals surface area contributed by atoms with Crippen LogP contribution >= 0.6 is 11.3 Å². The lowest BCUT2D eigenvalue weighted by molar-refractivity contribution is -0.147. The van der Waals surface area contributed by atoms with Gasteiger partial charge in [-0.2, -0.15) is 0 Å². The summed E-state index contributed by atoms with van der Waals surface area (Å²) < 4.78 is 5.35. The van der Waals surface area contributed by atoms with Crippen LogP contribution in [0.3, 0.4) is 0 Å². The molecule has 31 atom stereocenters. The van der Waals surface area contributed by atoms with E-state index in [1.165, 1.54) is 10.4 Å². The number of methoxy groups -OCH3 is 1. The number of aryl methyl sites for hydroxylation is 1. The molecule has 31 unspecified atom stereocenters. The van der Waals surface area contributed by atoms with Crippen molar-refractivity contribution in [3.8, 4) is 0 Å². The van der Waals surface area contributed by atoms with Gasteiger partial charge < -0.3 is 4.74 Å². The van der Waals surface area contributed by atoms with Crippen LogP contribution in [0.5, 0.6) is 0 Å². The van der Waals surface area contributed by atoms with Crippen LogP contribution in [0, 0.1) is 184 Å². The Labute approximate surface area is 345 Å². The second-order valence-electron chi connectivity index (χ2n) is 24.9. The van der Waals surface area contributed by atoms with Crippen molar-refractivity contribution in [2.75, 3.05) is 7.11 Å². The number of esters is 1. The summed E-state index contributed by atoms with van der Waals surface area (Å²) in [4.78, 5) is 26.2. The maximum atomic E-state index is 12.9. The minimum atomic E-state index is -0.0179. The number of nitrogens with zero attached hydrogens (tertiary/aromatic N) is 2. The maximum absolute atomic E-state index is 12.9. The lowest BCUT2D eigenvalue weighted by atomic mass is 9.43. The zero-order valence-electron chi connectivity index (χ0n) is 33.9. The van der Waals surface area contributed by atoms with E-state index in [-0.39, 0.29) is 11.4 Å². The third-order valence-electron chi connectivity index (χ3n) is 25.7. The number of fused-ring (bicyclic) bond motifs is 9. The molecule has 296 valence electrons. The van der Waals surface area contributed by atoms with Crippen LogP contribution in [0.15, 0.2) is 47.8 Å². The highest BCUT2D eigenvalue weighted by atomic mass is 32.1. The normalized spacial score (nSPS) is 66.3. The zero-order chi connectivity index (χ0) is 36.9. The van der Waals surface area contributed by atoms with E-state index in [0.29, 0.717) is 6.42 Å². The van der Waals surface area contributed by atoms with Gasteiger partial charge in [0.05, 0.1) is 7.11 Å². The number of ether oxygens (including phenoxy) is 1. The van der Waals surface area contributed by atoms with Gasteiger partial charge in [0.1, 0.15) is 11.0 Å². The summed E-state index contributed by atoms with van der Waals surface area (Å²) in [5, 5.41) is 0. The average molecular weight is 785 g/mol. The van der Waals surface area contributed by atoms with Crippen molar-refractivity contribution >= 4 is 28.3 Å². The molecule has 13 fully saturated rings. The Kier molecular flexibility index (Phi) is 4.82. The first-order chi connectivity index (χ1) is 28.6. The number of rotatable bonds is 5. The second-order valence-corrected chi connectivity index (χ2v) is 26.1. The molecule has 0 amide bonds. The minimum Gasteiger partial charge on any atom is -0.469 e. The third-order valence-corrected chi connectivity index (χ3v) is 27.0. The lowest BCUT2D eigenvalue weighted by Gasteiger charge is -2.61. The van der Waals surface area contributed by atoms with E-state index in [1.54, 1.807) is 37.7 Å². The molecular weight excluding hydrogens is 729 g/mol. The number of carbonyl (C=O) groups excluding carboxylic acids is 1. The fourth-order valence-corrected chi connectivity index (χ4v) is 28.0. The number of aromatic nitrogens is 2. The van der Waals surface area contributed by atoms with Crippen molar-refractivity contribution in [2.45, 2.75) is 57.3 Å². The van der Waals surface area contributed by atoms with E-state index in [2.05, 4.69) is 53.7 Å². The van der Waals surface area contributed by atoms with Crippen LogP contribution in [-0.2, 0) is 14.9 Å². The molecule has 13 saturated carbocycles. The first-order valence-corrected chi connectivity index (χ1v) is 25.8. The van der Waals surface area contributed by atoms with Crippen molar-refractivity contribution in [1.29, 1.82) is 0 Å². The quantitative estimate of drug-likeness (QED) is 0.224. The van der Waals surface area contributed by atoms with Crippen LogP contribution < -0.4 is 0 Å². The van der Waals surface area contributed by atoms with E-state index < -0.39 is 0 Å². The van der Waals surface area contributed by atoms with Crippen molar-refractivity contribution in [3.63, 3.8) is 0 Å². The highest BCUT2D eigenvalue weighted by Crippen LogP contribution is 2.94. The predicted octanol–water partition coefficient (Wildman–Crippen LogP) is 9.27. The topological polar surface area (TPSA) is 52.1 Å². The molecule has 17 aliphatic rings. The number of hydrogen-bond acceptors (Lipinski definition) is 5. The largest absolute Gasteiger partial charge is 0.469 e. The summed E-state index contributed by atoms with van der Waals surface area (Å²) in [7, 11) is 1.60. The molecule has 0 spiro atoms. The molecule has 2 heterocycles. The Hall–Kier alpha value is -2.27. The van der Waals surface area contributed by atoms with Gasteiger partial charge in [-0.05, 0) is 223 Å². The van der Waals surface area contributed by atoms with Gasteiger partial charge >= 0.3 is 5.97 Å². The third kappa shape index (κ3) is 2.64. The summed E-state index contributed by atoms with van der Waals surface area (Å²) in [6, 6.07) is 0. The predicted molar refractivity (Wildman–Crippen MR) is 218 cm³/mol. The Morgan fingerprint density at radius 2 is 1.14 bits per heavy atom. The highest BCUT2D eigenvalue weighted by molar-refractivity contribution is 7.13. The second kappa shape index (κ2) is 9.11. The smallest absolute Gasteiger partial charge is 0.305 e. The van der Waals surface area contributed by atoms with Gasteiger partial charge in [-0.1, -0.05) is 35.5 Å². The fraction of sp³-hybridized carbons (Fsp3) is 0.755. The first kappa shape index (κ1) is 30.7. The monoisotopic (exact) mass is 784 g/mol. The van der Waals surface area contributed by atoms with Crippen LogP contribution in [0.2, 0.25) is 0 Å². The van der Waals surface area contributed by atoms with Crippen LogP contribution in [0.4, 0.5) is 0 Å². The molecule has 0 aliphatic heterocycles. The van der Waals surface area contributed by atoms with E-state index >= 15 is 0 Å². The number of thiophene rings is 1. The first-order valence-electron chi connectivity index (χ1n) is 25.0. The number of hydrogen-bond donors (Lipinski definition) is 0. The number of carbonyl (C=O) groups is 1. The number of allylic oxidation sites excluding steroid dienone is 6. The highest BCUT2D eigenvalue weighted by Gasteiger charge is 2.90. The molecule has 0 bridgehead atoms. The average Bonchev–Trinajstić information content (AvgIpc) is 3.96. The molecule has 58 heavy (non-hydrogen) atoms. The van der Waals surface area contributed by atoms with E-state index in [0.717, 1.165) is 196 Å². The van der Waals surface area contributed by atoms with E-state index in [1.807, 2.05) is 12.4 Å². The Bertz CT molecular complexity index is 2500. The molecule has 4 nitrogen and oxygen atoms in total. The Morgan fingerprint density at radius 3 is 1.91 bits per heavy atom. The molecule has 17 aliphatic carbocycles. The van der Waals surface area contributed by atoms with Gasteiger partial charge in [-0.15, -0.1) is 11.3 Å². The van der Waals surface area contributed by atoms with Gasteiger partial charge in [-0.25, -0.2) is 0 Å². The molecule has 2 aromatic heterocycles. The van der Waals surface area contributed by atoms with Crippen LogP contribution in [-0.4, -0.2) is 23.0 Å². The molecule has 0 aromatic carbocycles. The minimum absolute atomic E-state index is 0.0179. The van der Waals surface area contributed by atoms with E-state index in [4.69, 9.17) is 14.7 Å². The van der Waals surface area contributed by atoms with Gasteiger partial charge in [0.2, 0.25) is 0 Å². The van der Waals surface area contributed by atoms with Gasteiger partial charge in [0.15, 0.2) is 0 Å². The molecule has 0 radical (unpaired) electrons. The summed E-state index contributed by atoms with van der Waals surface area (Å²) >= 11 is 2.09. The Morgan fingerprint density at radius 1 is 0.603 bits per heavy atom. The molecule has 0 N–H and O–H groups in total. The summed E-state index contributed by atoms with van der Waals surface area (Å²) in [6.07, 6.45) is 24.7. The van der Waals surface area contributed by atoms with Crippen LogP contribution in [0.25, 0.3) is 11.0 Å². The standard InChI is InChI=1S/C53H56N2O2S/c1-16-50-51(55-15-14-54-50)52(58-16)53(13-3-4-25(56)57-2)48-34-23-11-9-21-19-7-5-17-18-6-8-20-22-10-12-24-33-31(22)38-29(20)27(18)36-26(17)28(19)37-30(21)32(23)39-41(34)42(35(24)49(48)53)40(33)47-45(38)43(36)44(37)46(39)47/h5,7,9,11,14-15,17-24,26-36,38-43,45-49H,3-4,6,8,10,12-13H2,1-2H3. The summed E-state index contributed by atoms with van der Waals surface area (Å²) in [5.74, 6) is 28.5. The SMILES string of the molecule is COC(=O)CCCC1(c2sc(C)c3nccnc23)C2C3C4C=CC5C6C=CC7C8CCC9C%10CCC%11C%12C%10C%10C9C8C8C9C%13=C(C6C78)C5C4C4C%13C(C9%10)C%12C(C43)C%11C21. The Balaban J connectivity index is 0.907. The molecular formula is C53H56N2O2S. The van der Waals surface area contributed by atoms with Gasteiger partial charge in [0, 0.05) is 34.0 Å². The maximum Gasteiger partial charge on any atom is 0.305 e. The summed E-state index contributed by atoms with van der Waals surface area (Å²) in [6.45, 7) is 2.33. The molecule has 5 heteroatoms. The van der Waals surface area contributed by atoms with Gasteiger partial charge in [0.25, 0.3) is 0 Å². The molecule has 0 saturated heterocycles. The van der Waals surface area contributed by atoms with Crippen molar-refractivity contribution < 1.29 is 9.53 Å². The van der Waals surface area contributed by atoms with Gasteiger partial charge in [-0.3, -0.25) is 14.8 Å². The van der Waals surface area contributed by atoms with Crippen molar-refractivity contribution in [2.24, 2.45) is 178 Å².